The Morgan fingerprint density at radius 3 is 3.00 bits per heavy atom. The zero-order chi connectivity index (χ0) is 9.84. The Labute approximate surface area is 79.5 Å². The molecule has 1 aromatic heterocycles. The molecule has 0 aromatic carbocycles. The molecule has 0 unspecified atom stereocenters. The van der Waals surface area contributed by atoms with Crippen molar-refractivity contribution in [1.82, 2.24) is 4.98 Å². The van der Waals surface area contributed by atoms with Gasteiger partial charge in [-0.1, -0.05) is 11.6 Å². The van der Waals surface area contributed by atoms with Crippen LogP contribution in [0.15, 0.2) is 12.4 Å². The van der Waals surface area contributed by atoms with Crippen LogP contribution < -0.4 is 0 Å². The fraction of sp³-hybridized carbons (Fsp3) is 0.250. The summed E-state index contributed by atoms with van der Waals surface area (Å²) >= 11 is 5.45. The lowest BCUT2D eigenvalue weighted by molar-refractivity contribution is -0.139. The van der Waals surface area contributed by atoms with Gasteiger partial charge >= 0.3 is 5.97 Å². The van der Waals surface area contributed by atoms with Crippen molar-refractivity contribution >= 4 is 17.6 Å². The summed E-state index contributed by atoms with van der Waals surface area (Å²) in [7, 11) is 1.23. The summed E-state index contributed by atoms with van der Waals surface area (Å²) in [5, 5.41) is -0.0959. The van der Waals surface area contributed by atoms with Crippen molar-refractivity contribution in [2.45, 2.75) is 6.42 Å². The molecule has 5 heteroatoms. The van der Waals surface area contributed by atoms with E-state index in [9.17, 15) is 9.18 Å². The van der Waals surface area contributed by atoms with E-state index in [4.69, 9.17) is 11.6 Å². The Bertz CT molecular complexity index is 330. The van der Waals surface area contributed by atoms with Crippen LogP contribution in [-0.4, -0.2) is 18.1 Å². The molecule has 0 fully saturated rings. The van der Waals surface area contributed by atoms with Gasteiger partial charge in [0.15, 0.2) is 0 Å². The maximum Gasteiger partial charge on any atom is 0.310 e. The predicted octanol–water partition coefficient (Wildman–Crippen LogP) is 1.59. The van der Waals surface area contributed by atoms with Crippen LogP contribution >= 0.6 is 11.6 Å². The number of halogens is 2. The van der Waals surface area contributed by atoms with Gasteiger partial charge in [0, 0.05) is 18.0 Å². The molecule has 1 rings (SSSR count). The summed E-state index contributed by atoms with van der Waals surface area (Å²) in [6, 6.07) is 0. The molecule has 0 aliphatic rings. The molecule has 1 heterocycles. The van der Waals surface area contributed by atoms with Crippen LogP contribution in [0.25, 0.3) is 0 Å². The van der Waals surface area contributed by atoms with Crippen LogP contribution in [0.4, 0.5) is 4.39 Å². The lowest BCUT2D eigenvalue weighted by atomic mass is 10.2. The molecule has 0 radical (unpaired) electrons. The number of methoxy groups -OCH3 is 1. The quantitative estimate of drug-likeness (QED) is 0.686. The molecule has 0 N–H and O–H groups in total. The van der Waals surface area contributed by atoms with E-state index >= 15 is 0 Å². The van der Waals surface area contributed by atoms with E-state index in [1.54, 1.807) is 0 Å². The van der Waals surface area contributed by atoms with Gasteiger partial charge in [-0.2, -0.15) is 0 Å². The minimum absolute atomic E-state index is 0.0959. The second-order valence-electron chi connectivity index (χ2n) is 2.35. The summed E-state index contributed by atoms with van der Waals surface area (Å²) in [6.45, 7) is 0. The highest BCUT2D eigenvalue weighted by atomic mass is 35.5. The summed E-state index contributed by atoms with van der Waals surface area (Å²) in [4.78, 5) is 14.4. The lowest BCUT2D eigenvalue weighted by Crippen LogP contribution is -2.06. The van der Waals surface area contributed by atoms with Crippen molar-refractivity contribution in [2.75, 3.05) is 7.11 Å². The molecule has 0 atom stereocenters. The molecular weight excluding hydrogens is 197 g/mol. The van der Waals surface area contributed by atoms with Crippen molar-refractivity contribution < 1.29 is 13.9 Å². The van der Waals surface area contributed by atoms with Crippen molar-refractivity contribution in [3.63, 3.8) is 0 Å². The third-order valence-corrected chi connectivity index (χ3v) is 1.74. The monoisotopic (exact) mass is 203 g/mol. The number of pyridine rings is 1. The zero-order valence-corrected chi connectivity index (χ0v) is 7.64. The Kier molecular flexibility index (Phi) is 3.19. The summed E-state index contributed by atoms with van der Waals surface area (Å²) in [6.07, 6.45) is 2.27. The normalized spacial score (nSPS) is 9.77. The Hall–Kier alpha value is -1.16. The van der Waals surface area contributed by atoms with Crippen LogP contribution in [0.3, 0.4) is 0 Å². The Balaban J connectivity index is 2.89. The second-order valence-corrected chi connectivity index (χ2v) is 2.75. The summed E-state index contributed by atoms with van der Waals surface area (Å²) < 4.78 is 17.5. The van der Waals surface area contributed by atoms with Gasteiger partial charge in [-0.05, 0) is 0 Å². The minimum Gasteiger partial charge on any atom is -0.469 e. The highest BCUT2D eigenvalue weighted by Crippen LogP contribution is 2.16. The number of esters is 1. The molecule has 70 valence electrons. The van der Waals surface area contributed by atoms with Crippen molar-refractivity contribution in [1.29, 1.82) is 0 Å². The second kappa shape index (κ2) is 4.18. The molecule has 0 amide bonds. The largest absolute Gasteiger partial charge is 0.469 e. The Morgan fingerprint density at radius 1 is 1.69 bits per heavy atom. The first-order chi connectivity index (χ1) is 6.15. The molecular formula is C8H7ClFNO2. The van der Waals surface area contributed by atoms with Crippen molar-refractivity contribution in [2.24, 2.45) is 0 Å². The van der Waals surface area contributed by atoms with E-state index in [1.807, 2.05) is 0 Å². The minimum atomic E-state index is -0.623. The molecule has 1 aromatic rings. The van der Waals surface area contributed by atoms with Crippen LogP contribution in [0.1, 0.15) is 5.56 Å². The average molecular weight is 204 g/mol. The predicted molar refractivity (Wildman–Crippen MR) is 44.9 cm³/mol. The highest BCUT2D eigenvalue weighted by molar-refractivity contribution is 6.30. The van der Waals surface area contributed by atoms with Gasteiger partial charge in [0.2, 0.25) is 0 Å². The number of ether oxygens (including phenoxy) is 1. The first-order valence-corrected chi connectivity index (χ1v) is 3.87. The fourth-order valence-corrected chi connectivity index (χ4v) is 0.988. The standard InChI is InChI=1S/C8H7ClFNO2/c1-13-7(12)2-5-3-11-4-6(9)8(5)10/h3-4H,2H2,1H3. The maximum atomic E-state index is 13.1. The van der Waals surface area contributed by atoms with Gasteiger partial charge in [-0.15, -0.1) is 0 Å². The smallest absolute Gasteiger partial charge is 0.310 e. The van der Waals surface area contributed by atoms with Crippen LogP contribution in [-0.2, 0) is 16.0 Å². The van der Waals surface area contributed by atoms with Gasteiger partial charge in [0.25, 0.3) is 0 Å². The third-order valence-electron chi connectivity index (χ3n) is 1.47. The van der Waals surface area contributed by atoms with Crippen molar-refractivity contribution in [3.8, 4) is 0 Å². The van der Waals surface area contributed by atoms with E-state index in [2.05, 4.69) is 9.72 Å². The molecule has 0 saturated heterocycles. The number of aromatic nitrogens is 1. The number of hydrogen-bond acceptors (Lipinski definition) is 3. The summed E-state index contributed by atoms with van der Waals surface area (Å²) in [5.74, 6) is -1.15. The van der Waals surface area contributed by atoms with E-state index in [1.165, 1.54) is 19.5 Å². The number of nitrogens with zero attached hydrogens (tertiary/aromatic N) is 1. The first kappa shape index (κ1) is 9.92. The molecule has 3 nitrogen and oxygen atoms in total. The van der Waals surface area contributed by atoms with Gasteiger partial charge in [0.1, 0.15) is 5.82 Å². The molecule has 0 spiro atoms. The van der Waals surface area contributed by atoms with Gasteiger partial charge in [-0.25, -0.2) is 4.39 Å². The first-order valence-electron chi connectivity index (χ1n) is 3.50. The van der Waals surface area contributed by atoms with Gasteiger partial charge in [0.05, 0.1) is 18.6 Å². The highest BCUT2D eigenvalue weighted by Gasteiger charge is 2.10. The number of hydrogen-bond donors (Lipinski definition) is 0. The number of carbonyl (C=O) groups is 1. The zero-order valence-electron chi connectivity index (χ0n) is 6.88. The SMILES string of the molecule is COC(=O)Cc1cncc(Cl)c1F. The van der Waals surface area contributed by atoms with E-state index in [-0.39, 0.29) is 17.0 Å². The van der Waals surface area contributed by atoms with Gasteiger partial charge in [-0.3, -0.25) is 9.78 Å². The topological polar surface area (TPSA) is 39.2 Å². The van der Waals surface area contributed by atoms with Gasteiger partial charge < -0.3 is 4.74 Å². The lowest BCUT2D eigenvalue weighted by Gasteiger charge is -2.01. The molecule has 13 heavy (non-hydrogen) atoms. The third kappa shape index (κ3) is 2.39. The maximum absolute atomic E-state index is 13.1. The van der Waals surface area contributed by atoms with E-state index in [0.717, 1.165) is 0 Å². The fourth-order valence-electron chi connectivity index (χ4n) is 0.810. The average Bonchev–Trinajstić information content (AvgIpc) is 2.13. The number of carbonyl (C=O) groups excluding carboxylic acids is 1. The molecule has 0 aliphatic carbocycles. The molecule has 0 aliphatic heterocycles. The molecule has 0 bridgehead atoms. The van der Waals surface area contributed by atoms with E-state index in [0.29, 0.717) is 0 Å². The number of rotatable bonds is 2. The molecule has 0 saturated carbocycles. The summed E-state index contributed by atoms with van der Waals surface area (Å²) in [5.41, 5.74) is 0.138. The Morgan fingerprint density at radius 2 is 2.38 bits per heavy atom. The van der Waals surface area contributed by atoms with Crippen molar-refractivity contribution in [3.05, 3.63) is 28.8 Å². The van der Waals surface area contributed by atoms with Crippen LogP contribution in [0, 0.1) is 5.82 Å². The van der Waals surface area contributed by atoms with Crippen LogP contribution in [0.2, 0.25) is 5.02 Å². The van der Waals surface area contributed by atoms with E-state index < -0.39 is 11.8 Å². The van der Waals surface area contributed by atoms with Crippen LogP contribution in [0.5, 0.6) is 0 Å².